The molecule has 0 bridgehead atoms. The molecule has 1 atom stereocenters. The molecule has 1 unspecified atom stereocenters. The van der Waals surface area contributed by atoms with Crippen molar-refractivity contribution in [2.45, 2.75) is 44.6 Å². The molecule has 1 saturated carbocycles. The topological polar surface area (TPSA) is 26.3 Å². The maximum Gasteiger partial charge on any atom is 0.167 e. The Kier molecular flexibility index (Phi) is 3.40. The second-order valence-electron chi connectivity index (χ2n) is 5.92. The molecule has 1 aromatic rings. The van der Waals surface area contributed by atoms with Crippen LogP contribution >= 0.6 is 11.6 Å². The maximum absolute atomic E-state index is 12.6. The predicted molar refractivity (Wildman–Crippen MR) is 75.8 cm³/mol. The minimum absolute atomic E-state index is 0.00967. The van der Waals surface area contributed by atoms with Crippen LogP contribution in [-0.2, 0) is 4.74 Å². The van der Waals surface area contributed by atoms with Crippen molar-refractivity contribution in [1.29, 1.82) is 0 Å². The SMILES string of the molecule is Cc1ccc(C(=O)C2CCOC3(CCC3)C2)c(Cl)c1. The number of halogens is 1. The Bertz CT molecular complexity index is 505. The molecule has 102 valence electrons. The van der Waals surface area contributed by atoms with Gasteiger partial charge in [0, 0.05) is 18.1 Å². The van der Waals surface area contributed by atoms with Crippen molar-refractivity contribution in [3.8, 4) is 0 Å². The zero-order chi connectivity index (χ0) is 13.5. The number of aryl methyl sites for hydroxylation is 1. The summed E-state index contributed by atoms with van der Waals surface area (Å²) in [4.78, 5) is 12.6. The van der Waals surface area contributed by atoms with Crippen molar-refractivity contribution in [3.05, 3.63) is 34.3 Å². The normalized spacial score (nSPS) is 25.1. The van der Waals surface area contributed by atoms with Crippen LogP contribution in [0.5, 0.6) is 0 Å². The molecule has 0 radical (unpaired) electrons. The first-order chi connectivity index (χ1) is 9.10. The molecule has 3 rings (SSSR count). The lowest BCUT2D eigenvalue weighted by atomic mass is 9.70. The third-order valence-electron chi connectivity index (χ3n) is 4.52. The molecule has 2 nitrogen and oxygen atoms in total. The highest BCUT2D eigenvalue weighted by Gasteiger charge is 2.44. The first-order valence-corrected chi connectivity index (χ1v) is 7.42. The molecular formula is C16H19ClO2. The van der Waals surface area contributed by atoms with Crippen LogP contribution in [0, 0.1) is 12.8 Å². The van der Waals surface area contributed by atoms with Crippen molar-refractivity contribution in [2.24, 2.45) is 5.92 Å². The Balaban J connectivity index is 1.79. The van der Waals surface area contributed by atoms with Crippen LogP contribution in [0.3, 0.4) is 0 Å². The molecule has 0 N–H and O–H groups in total. The van der Waals surface area contributed by atoms with Crippen molar-refractivity contribution in [3.63, 3.8) is 0 Å². The van der Waals surface area contributed by atoms with Gasteiger partial charge in [-0.1, -0.05) is 17.7 Å². The van der Waals surface area contributed by atoms with Gasteiger partial charge in [0.1, 0.15) is 0 Å². The third-order valence-corrected chi connectivity index (χ3v) is 4.83. The quantitative estimate of drug-likeness (QED) is 0.759. The number of hydrogen-bond donors (Lipinski definition) is 0. The standard InChI is InChI=1S/C16H19ClO2/c1-11-3-4-13(14(17)9-11)15(18)12-5-8-19-16(10-12)6-2-7-16/h3-4,9,12H,2,5-8,10H2,1H3. The van der Waals surface area contributed by atoms with Gasteiger partial charge in [0.2, 0.25) is 0 Å². The zero-order valence-electron chi connectivity index (χ0n) is 11.2. The van der Waals surface area contributed by atoms with Gasteiger partial charge in [-0.2, -0.15) is 0 Å². The number of carbonyl (C=O) groups excluding carboxylic acids is 1. The number of hydrogen-bond acceptors (Lipinski definition) is 2. The van der Waals surface area contributed by atoms with Gasteiger partial charge in [0.05, 0.1) is 10.6 Å². The number of Topliss-reactive ketones (excluding diaryl/α,β-unsaturated/α-hetero) is 1. The van der Waals surface area contributed by atoms with Gasteiger partial charge in [-0.05, 0) is 56.7 Å². The molecular weight excluding hydrogens is 260 g/mol. The Morgan fingerprint density at radius 2 is 2.21 bits per heavy atom. The van der Waals surface area contributed by atoms with Gasteiger partial charge in [0.25, 0.3) is 0 Å². The highest BCUT2D eigenvalue weighted by Crippen LogP contribution is 2.45. The summed E-state index contributed by atoms with van der Waals surface area (Å²) in [5.74, 6) is 0.272. The van der Waals surface area contributed by atoms with Crippen LogP contribution in [0.15, 0.2) is 18.2 Å². The Hall–Kier alpha value is -0.860. The monoisotopic (exact) mass is 278 g/mol. The van der Waals surface area contributed by atoms with Crippen molar-refractivity contribution < 1.29 is 9.53 Å². The first kappa shape index (κ1) is 13.1. The molecule has 2 fully saturated rings. The third kappa shape index (κ3) is 2.44. The highest BCUT2D eigenvalue weighted by atomic mass is 35.5. The molecule has 2 aliphatic rings. The summed E-state index contributed by atoms with van der Waals surface area (Å²) in [5, 5.41) is 0.583. The second-order valence-corrected chi connectivity index (χ2v) is 6.33. The van der Waals surface area contributed by atoms with Gasteiger partial charge in [-0.15, -0.1) is 0 Å². The van der Waals surface area contributed by atoms with Crippen LogP contribution in [0.2, 0.25) is 5.02 Å². The molecule has 1 saturated heterocycles. The molecule has 0 amide bonds. The Morgan fingerprint density at radius 3 is 2.84 bits per heavy atom. The summed E-state index contributed by atoms with van der Waals surface area (Å²) < 4.78 is 5.88. The van der Waals surface area contributed by atoms with E-state index in [9.17, 15) is 4.79 Å². The van der Waals surface area contributed by atoms with E-state index in [1.165, 1.54) is 6.42 Å². The molecule has 19 heavy (non-hydrogen) atoms. The Labute approximate surface area is 119 Å². The first-order valence-electron chi connectivity index (χ1n) is 7.04. The predicted octanol–water partition coefficient (Wildman–Crippen LogP) is 4.18. The summed E-state index contributed by atoms with van der Waals surface area (Å²) >= 11 is 6.21. The Morgan fingerprint density at radius 1 is 1.42 bits per heavy atom. The van der Waals surface area contributed by atoms with E-state index in [2.05, 4.69) is 0 Å². The minimum atomic E-state index is 0.00967. The molecule has 1 aliphatic heterocycles. The largest absolute Gasteiger partial charge is 0.375 e. The van der Waals surface area contributed by atoms with E-state index in [0.717, 1.165) is 31.2 Å². The van der Waals surface area contributed by atoms with Gasteiger partial charge >= 0.3 is 0 Å². The fourth-order valence-electron chi connectivity index (χ4n) is 3.21. The second kappa shape index (κ2) is 4.92. The minimum Gasteiger partial charge on any atom is -0.375 e. The van der Waals surface area contributed by atoms with E-state index in [4.69, 9.17) is 16.3 Å². The number of benzene rings is 1. The lowest BCUT2D eigenvalue weighted by molar-refractivity contribution is -0.137. The number of carbonyl (C=O) groups is 1. The molecule has 0 aromatic heterocycles. The van der Waals surface area contributed by atoms with Gasteiger partial charge in [-0.3, -0.25) is 4.79 Å². The lowest BCUT2D eigenvalue weighted by Crippen LogP contribution is -2.47. The summed E-state index contributed by atoms with van der Waals surface area (Å²) in [5.41, 5.74) is 1.77. The van der Waals surface area contributed by atoms with E-state index in [1.54, 1.807) is 0 Å². The van der Waals surface area contributed by atoms with E-state index in [-0.39, 0.29) is 17.3 Å². The van der Waals surface area contributed by atoms with Gasteiger partial charge in [-0.25, -0.2) is 0 Å². The van der Waals surface area contributed by atoms with Crippen LogP contribution in [0.25, 0.3) is 0 Å². The van der Waals surface area contributed by atoms with Crippen molar-refractivity contribution >= 4 is 17.4 Å². The van der Waals surface area contributed by atoms with E-state index in [1.807, 2.05) is 25.1 Å². The molecule has 1 spiro atoms. The average molecular weight is 279 g/mol. The maximum atomic E-state index is 12.6. The summed E-state index contributed by atoms with van der Waals surface area (Å²) in [6.45, 7) is 2.69. The van der Waals surface area contributed by atoms with Crippen molar-refractivity contribution in [2.75, 3.05) is 6.61 Å². The highest BCUT2D eigenvalue weighted by molar-refractivity contribution is 6.34. The average Bonchev–Trinajstić information content (AvgIpc) is 2.36. The zero-order valence-corrected chi connectivity index (χ0v) is 12.0. The number of ether oxygens (including phenoxy) is 1. The smallest absolute Gasteiger partial charge is 0.167 e. The van der Waals surface area contributed by atoms with Crippen LogP contribution in [-0.4, -0.2) is 18.0 Å². The molecule has 1 aliphatic carbocycles. The van der Waals surface area contributed by atoms with Gasteiger partial charge < -0.3 is 4.74 Å². The molecule has 1 heterocycles. The summed E-state index contributed by atoms with van der Waals surface area (Å²) in [6, 6.07) is 5.69. The lowest BCUT2D eigenvalue weighted by Gasteiger charge is -2.46. The van der Waals surface area contributed by atoms with Crippen LogP contribution in [0.4, 0.5) is 0 Å². The fourth-order valence-corrected chi connectivity index (χ4v) is 3.54. The summed E-state index contributed by atoms with van der Waals surface area (Å²) in [7, 11) is 0. The van der Waals surface area contributed by atoms with Crippen LogP contribution in [0.1, 0.15) is 48.0 Å². The van der Waals surface area contributed by atoms with E-state index < -0.39 is 0 Å². The summed E-state index contributed by atoms with van der Waals surface area (Å²) in [6.07, 6.45) is 5.14. The van der Waals surface area contributed by atoms with Crippen molar-refractivity contribution in [1.82, 2.24) is 0 Å². The molecule has 3 heteroatoms. The number of ketones is 1. The molecule has 1 aromatic carbocycles. The fraction of sp³-hybridized carbons (Fsp3) is 0.562. The van der Waals surface area contributed by atoms with E-state index >= 15 is 0 Å². The van der Waals surface area contributed by atoms with Crippen LogP contribution < -0.4 is 0 Å². The number of rotatable bonds is 2. The van der Waals surface area contributed by atoms with E-state index in [0.29, 0.717) is 17.2 Å². The van der Waals surface area contributed by atoms with Gasteiger partial charge in [0.15, 0.2) is 5.78 Å².